The van der Waals surface area contributed by atoms with Crippen molar-refractivity contribution in [1.82, 2.24) is 4.98 Å². The number of methoxy groups -OCH3 is 1. The van der Waals surface area contributed by atoms with E-state index in [0.717, 1.165) is 26.3 Å². The third kappa shape index (κ3) is 3.03. The van der Waals surface area contributed by atoms with Gasteiger partial charge in [0.1, 0.15) is 11.0 Å². The van der Waals surface area contributed by atoms with E-state index in [0.29, 0.717) is 16.5 Å². The highest BCUT2D eigenvalue weighted by molar-refractivity contribution is 9.10. The third-order valence-electron chi connectivity index (χ3n) is 5.36. The monoisotopic (exact) mass is 502 g/mol. The Balaban J connectivity index is 1.63. The number of hydrogen-bond acceptors (Lipinski definition) is 6. The Morgan fingerprint density at radius 2 is 1.83 bits per heavy atom. The first-order chi connectivity index (χ1) is 14.5. The molecule has 2 amide bonds. The van der Waals surface area contributed by atoms with Crippen LogP contribution in [0.1, 0.15) is 16.4 Å². The summed E-state index contributed by atoms with van der Waals surface area (Å²) >= 11 is 5.87. The van der Waals surface area contributed by atoms with Crippen LogP contribution in [-0.4, -0.2) is 29.2 Å². The molecule has 9 heteroatoms. The summed E-state index contributed by atoms with van der Waals surface area (Å²) < 4.78 is 6.06. The molecule has 0 unspecified atom stereocenters. The molecule has 0 bridgehead atoms. The molecule has 1 N–H and O–H groups in total. The third-order valence-corrected chi connectivity index (χ3v) is 8.26. The van der Waals surface area contributed by atoms with Crippen molar-refractivity contribution in [2.45, 2.75) is 16.2 Å². The fraction of sp³-hybridized carbons (Fsp3) is 0.190. The number of rotatable bonds is 3. The number of thioether (sulfide) groups is 1. The number of anilines is 1. The van der Waals surface area contributed by atoms with Gasteiger partial charge >= 0.3 is 4.87 Å². The van der Waals surface area contributed by atoms with Crippen LogP contribution < -0.4 is 14.5 Å². The summed E-state index contributed by atoms with van der Waals surface area (Å²) in [7, 11) is 1.56. The lowest BCUT2D eigenvalue weighted by molar-refractivity contribution is -0.122. The molecule has 3 aromatic rings. The highest BCUT2D eigenvalue weighted by Gasteiger charge is 2.56. The molecule has 1 aromatic heterocycles. The van der Waals surface area contributed by atoms with Crippen LogP contribution in [0.25, 0.3) is 0 Å². The van der Waals surface area contributed by atoms with Gasteiger partial charge in [0, 0.05) is 15.3 Å². The Hall–Kier alpha value is -2.36. The number of aromatic amines is 1. The van der Waals surface area contributed by atoms with Gasteiger partial charge in [-0.3, -0.25) is 14.4 Å². The molecule has 3 atom stereocenters. The van der Waals surface area contributed by atoms with Crippen LogP contribution in [0.4, 0.5) is 5.69 Å². The summed E-state index contributed by atoms with van der Waals surface area (Å²) in [6.45, 7) is 0. The molecule has 0 spiro atoms. The first-order valence-electron chi connectivity index (χ1n) is 9.15. The predicted molar refractivity (Wildman–Crippen MR) is 120 cm³/mol. The summed E-state index contributed by atoms with van der Waals surface area (Å²) in [4.78, 5) is 43.7. The fourth-order valence-electron chi connectivity index (χ4n) is 4.06. The number of aromatic nitrogens is 1. The van der Waals surface area contributed by atoms with Crippen molar-refractivity contribution in [1.29, 1.82) is 0 Å². The molecule has 1 fully saturated rings. The lowest BCUT2D eigenvalue weighted by Crippen LogP contribution is -2.32. The van der Waals surface area contributed by atoms with Crippen molar-refractivity contribution >= 4 is 56.5 Å². The number of nitrogens with zero attached hydrogens (tertiary/aromatic N) is 1. The first kappa shape index (κ1) is 19.6. The number of amides is 2. The minimum absolute atomic E-state index is 0.181. The number of thiazole rings is 1. The van der Waals surface area contributed by atoms with Crippen molar-refractivity contribution in [3.8, 4) is 5.75 Å². The van der Waals surface area contributed by atoms with Gasteiger partial charge < -0.3 is 9.72 Å². The number of carbonyl (C=O) groups excluding carboxylic acids is 2. The maximum Gasteiger partial charge on any atom is 0.305 e. The van der Waals surface area contributed by atoms with Gasteiger partial charge in [0.15, 0.2) is 0 Å². The number of hydrogen-bond donors (Lipinski definition) is 1. The van der Waals surface area contributed by atoms with Gasteiger partial charge in [-0.05, 0) is 42.0 Å². The standard InChI is InChI=1S/C21H15BrN2O4S2/c1-28-13-7-5-12(6-8-13)24-19(25)15-14(10-3-2-4-11(22)9-10)16-18(23-21(27)30-16)29-17(15)20(24)26/h2-9,14-15,17H,1H3,(H,23,27)/t14-,15-,17+/m0/s1. The molecule has 0 aliphatic carbocycles. The quantitative estimate of drug-likeness (QED) is 0.547. The number of H-pyrrole nitrogens is 1. The molecule has 3 heterocycles. The van der Waals surface area contributed by atoms with Crippen molar-refractivity contribution in [3.05, 3.63) is 73.1 Å². The first-order valence-corrected chi connectivity index (χ1v) is 11.6. The zero-order valence-corrected chi connectivity index (χ0v) is 18.8. The average molecular weight is 503 g/mol. The SMILES string of the molecule is COc1ccc(N2C(=O)[C@H]3[C@H](c4cccc(Br)c4)c4sc(=O)[nH]c4S[C@H]3C2=O)cc1. The number of ether oxygens (including phenoxy) is 1. The van der Waals surface area contributed by atoms with Crippen molar-refractivity contribution in [2.75, 3.05) is 12.0 Å². The van der Waals surface area contributed by atoms with E-state index >= 15 is 0 Å². The maximum absolute atomic E-state index is 13.6. The molecular formula is C21H15BrN2O4S2. The van der Waals surface area contributed by atoms with E-state index in [-0.39, 0.29) is 22.6 Å². The maximum atomic E-state index is 13.6. The van der Waals surface area contributed by atoms with Gasteiger partial charge in [0.25, 0.3) is 0 Å². The normalized spacial score (nSPS) is 22.7. The number of imide groups is 1. The molecule has 5 rings (SSSR count). The highest BCUT2D eigenvalue weighted by Crippen LogP contribution is 2.53. The van der Waals surface area contributed by atoms with E-state index in [1.54, 1.807) is 31.4 Å². The van der Waals surface area contributed by atoms with Crippen LogP contribution in [0.3, 0.4) is 0 Å². The van der Waals surface area contributed by atoms with Gasteiger partial charge in [0.05, 0.1) is 23.7 Å². The molecule has 2 aromatic carbocycles. The van der Waals surface area contributed by atoms with E-state index in [1.807, 2.05) is 24.3 Å². The molecule has 2 aliphatic heterocycles. The molecule has 152 valence electrons. The zero-order chi connectivity index (χ0) is 21.0. The fourth-order valence-corrected chi connectivity index (χ4v) is 6.99. The minimum atomic E-state index is -0.596. The summed E-state index contributed by atoms with van der Waals surface area (Å²) in [5.41, 5.74) is 1.42. The Morgan fingerprint density at radius 1 is 1.07 bits per heavy atom. The molecule has 30 heavy (non-hydrogen) atoms. The van der Waals surface area contributed by atoms with Crippen LogP contribution in [-0.2, 0) is 9.59 Å². The lowest BCUT2D eigenvalue weighted by Gasteiger charge is -2.29. The van der Waals surface area contributed by atoms with Gasteiger partial charge in [-0.2, -0.15) is 0 Å². The van der Waals surface area contributed by atoms with E-state index in [2.05, 4.69) is 20.9 Å². The second-order valence-electron chi connectivity index (χ2n) is 7.01. The Morgan fingerprint density at radius 3 is 2.53 bits per heavy atom. The van der Waals surface area contributed by atoms with Gasteiger partial charge in [0.2, 0.25) is 11.8 Å². The predicted octanol–water partition coefficient (Wildman–Crippen LogP) is 4.00. The van der Waals surface area contributed by atoms with Crippen LogP contribution >= 0.6 is 39.0 Å². The van der Waals surface area contributed by atoms with Crippen LogP contribution in [0.2, 0.25) is 0 Å². The molecular weight excluding hydrogens is 488 g/mol. The number of benzene rings is 2. The van der Waals surface area contributed by atoms with Crippen LogP contribution in [0.5, 0.6) is 5.75 Å². The summed E-state index contributed by atoms with van der Waals surface area (Å²) in [5, 5.41) is 0.0790. The average Bonchev–Trinajstić information content (AvgIpc) is 3.23. The number of carbonyl (C=O) groups is 2. The van der Waals surface area contributed by atoms with Crippen molar-refractivity contribution < 1.29 is 14.3 Å². The second-order valence-corrected chi connectivity index (χ2v) is 10.1. The smallest absolute Gasteiger partial charge is 0.305 e. The highest BCUT2D eigenvalue weighted by atomic mass is 79.9. The molecule has 1 saturated heterocycles. The van der Waals surface area contributed by atoms with E-state index in [1.165, 1.54) is 16.7 Å². The topological polar surface area (TPSA) is 79.5 Å². The van der Waals surface area contributed by atoms with E-state index < -0.39 is 11.2 Å². The van der Waals surface area contributed by atoms with Gasteiger partial charge in [-0.25, -0.2) is 4.90 Å². The van der Waals surface area contributed by atoms with E-state index in [4.69, 9.17) is 4.74 Å². The summed E-state index contributed by atoms with van der Waals surface area (Å²) in [6.07, 6.45) is 0. The summed E-state index contributed by atoms with van der Waals surface area (Å²) in [6, 6.07) is 14.6. The van der Waals surface area contributed by atoms with Crippen molar-refractivity contribution in [3.63, 3.8) is 0 Å². The zero-order valence-electron chi connectivity index (χ0n) is 15.6. The van der Waals surface area contributed by atoms with E-state index in [9.17, 15) is 14.4 Å². The van der Waals surface area contributed by atoms with Crippen LogP contribution in [0.15, 0.2) is 62.8 Å². The minimum Gasteiger partial charge on any atom is -0.497 e. The molecule has 6 nitrogen and oxygen atoms in total. The van der Waals surface area contributed by atoms with Gasteiger partial charge in [-0.1, -0.05) is 51.2 Å². The Bertz CT molecular complexity index is 1220. The van der Waals surface area contributed by atoms with Gasteiger partial charge in [-0.15, -0.1) is 0 Å². The Kier molecular flexibility index (Phi) is 4.83. The summed E-state index contributed by atoms with van der Waals surface area (Å²) in [5.74, 6) is -0.821. The number of fused-ring (bicyclic) bond motifs is 2. The largest absolute Gasteiger partial charge is 0.497 e. The molecule has 0 saturated carbocycles. The second kappa shape index (κ2) is 7.40. The molecule has 2 aliphatic rings. The molecule has 0 radical (unpaired) electrons. The number of halogens is 1. The lowest BCUT2D eigenvalue weighted by atomic mass is 9.83. The van der Waals surface area contributed by atoms with Crippen molar-refractivity contribution in [2.24, 2.45) is 5.92 Å². The van der Waals surface area contributed by atoms with Crippen LogP contribution in [0, 0.1) is 5.92 Å². The number of nitrogens with one attached hydrogen (secondary N) is 1. The Labute approximate surface area is 188 Å².